The molecule has 2 N–H and O–H groups in total. The minimum atomic E-state index is -0.749. The summed E-state index contributed by atoms with van der Waals surface area (Å²) in [4.78, 5) is 1.95. The van der Waals surface area contributed by atoms with Gasteiger partial charge in [0, 0.05) is 24.4 Å². The van der Waals surface area contributed by atoms with Gasteiger partial charge in [0.2, 0.25) is 5.89 Å². The topological polar surface area (TPSA) is 82.6 Å². The molecule has 0 radical (unpaired) electrons. The van der Waals surface area contributed by atoms with Gasteiger partial charge in [-0.2, -0.15) is 0 Å². The standard InChI is InChI=1S/C19H24FN3O3/c20-15-6-4-13(5-7-15)10-19(12-24)11-23(9-8-16(19)25)18-22-21-17(26-18)14-2-1-3-14/h4-7,14,16,24-25H,1-3,8-12H2/t16-,19-/m0/s1. The number of aliphatic hydroxyl groups excluding tert-OH is 2. The van der Waals surface area contributed by atoms with E-state index in [1.165, 1.54) is 18.6 Å². The number of hydrogen-bond donors (Lipinski definition) is 2. The van der Waals surface area contributed by atoms with E-state index in [2.05, 4.69) is 10.2 Å². The van der Waals surface area contributed by atoms with Crippen molar-refractivity contribution in [1.29, 1.82) is 0 Å². The molecule has 7 heteroatoms. The second-order valence-corrected chi connectivity index (χ2v) is 7.60. The van der Waals surface area contributed by atoms with Crippen LogP contribution in [0.4, 0.5) is 10.4 Å². The molecule has 2 atom stereocenters. The first-order valence-corrected chi connectivity index (χ1v) is 9.21. The number of aliphatic hydroxyl groups is 2. The molecule has 6 nitrogen and oxygen atoms in total. The fraction of sp³-hybridized carbons (Fsp3) is 0.579. The lowest BCUT2D eigenvalue weighted by atomic mass is 9.73. The predicted molar refractivity (Wildman–Crippen MR) is 93.3 cm³/mol. The third kappa shape index (κ3) is 3.21. The highest BCUT2D eigenvalue weighted by Gasteiger charge is 2.44. The van der Waals surface area contributed by atoms with Crippen LogP contribution >= 0.6 is 0 Å². The summed E-state index contributed by atoms with van der Waals surface area (Å²) in [5.41, 5.74) is 0.128. The molecular weight excluding hydrogens is 337 g/mol. The van der Waals surface area contributed by atoms with Gasteiger partial charge in [0.15, 0.2) is 0 Å². The normalized spacial score (nSPS) is 26.7. The van der Waals surface area contributed by atoms with Gasteiger partial charge in [-0.1, -0.05) is 23.7 Å². The Labute approximate surface area is 151 Å². The average molecular weight is 361 g/mol. The monoisotopic (exact) mass is 361 g/mol. The van der Waals surface area contributed by atoms with Gasteiger partial charge in [-0.3, -0.25) is 0 Å². The van der Waals surface area contributed by atoms with Crippen LogP contribution in [0.25, 0.3) is 0 Å². The third-order valence-electron chi connectivity index (χ3n) is 5.82. The lowest BCUT2D eigenvalue weighted by molar-refractivity contribution is -0.0301. The van der Waals surface area contributed by atoms with Crippen molar-refractivity contribution in [3.05, 3.63) is 41.5 Å². The molecule has 2 fully saturated rings. The Morgan fingerprint density at radius 1 is 1.19 bits per heavy atom. The van der Waals surface area contributed by atoms with Crippen molar-refractivity contribution < 1.29 is 19.0 Å². The molecule has 4 rings (SSSR count). The number of anilines is 1. The molecule has 0 spiro atoms. The van der Waals surface area contributed by atoms with E-state index in [1.807, 2.05) is 4.90 Å². The maximum atomic E-state index is 13.2. The summed E-state index contributed by atoms with van der Waals surface area (Å²) in [6, 6.07) is 6.64. The van der Waals surface area contributed by atoms with Crippen LogP contribution in [-0.2, 0) is 6.42 Å². The number of hydrogen-bond acceptors (Lipinski definition) is 6. The van der Waals surface area contributed by atoms with Crippen molar-refractivity contribution in [3.8, 4) is 0 Å². The summed E-state index contributed by atoms with van der Waals surface area (Å²) in [5.74, 6) is 0.756. The first-order chi connectivity index (χ1) is 12.6. The lowest BCUT2D eigenvalue weighted by Gasteiger charge is -2.44. The van der Waals surface area contributed by atoms with Crippen LogP contribution in [0.5, 0.6) is 0 Å². The Morgan fingerprint density at radius 3 is 2.62 bits per heavy atom. The van der Waals surface area contributed by atoms with E-state index in [9.17, 15) is 14.6 Å². The third-order valence-corrected chi connectivity index (χ3v) is 5.82. The van der Waals surface area contributed by atoms with Crippen LogP contribution < -0.4 is 4.90 Å². The predicted octanol–water partition coefficient (Wildman–Crippen LogP) is 2.27. The average Bonchev–Trinajstić information content (AvgIpc) is 3.07. The molecule has 2 heterocycles. The minimum absolute atomic E-state index is 0.175. The number of halogens is 1. The Morgan fingerprint density at radius 2 is 1.96 bits per heavy atom. The van der Waals surface area contributed by atoms with Crippen molar-refractivity contribution in [3.63, 3.8) is 0 Å². The van der Waals surface area contributed by atoms with E-state index in [4.69, 9.17) is 4.42 Å². The molecule has 2 aromatic rings. The molecule has 0 amide bonds. The van der Waals surface area contributed by atoms with Crippen LogP contribution in [0.2, 0.25) is 0 Å². The second-order valence-electron chi connectivity index (χ2n) is 7.60. The molecular formula is C19H24FN3O3. The quantitative estimate of drug-likeness (QED) is 0.850. The highest BCUT2D eigenvalue weighted by Crippen LogP contribution is 2.38. The molecule has 1 saturated carbocycles. The largest absolute Gasteiger partial charge is 0.408 e. The van der Waals surface area contributed by atoms with Crippen molar-refractivity contribution in [2.24, 2.45) is 5.41 Å². The molecule has 0 unspecified atom stereocenters. The van der Waals surface area contributed by atoms with Gasteiger partial charge in [0.25, 0.3) is 0 Å². The fourth-order valence-electron chi connectivity index (χ4n) is 3.88. The molecule has 1 aromatic carbocycles. The van der Waals surface area contributed by atoms with E-state index in [0.717, 1.165) is 18.4 Å². The second kappa shape index (κ2) is 6.96. The highest BCUT2D eigenvalue weighted by atomic mass is 19.1. The zero-order valence-corrected chi connectivity index (χ0v) is 14.6. The SMILES string of the molecule is OC[C@]1(Cc2ccc(F)cc2)CN(c2nnc(C3CCC3)o2)CC[C@@H]1O. The number of rotatable bonds is 5. The lowest BCUT2D eigenvalue weighted by Crippen LogP contribution is -2.55. The zero-order valence-electron chi connectivity index (χ0n) is 14.6. The van der Waals surface area contributed by atoms with Gasteiger partial charge >= 0.3 is 6.01 Å². The number of benzene rings is 1. The van der Waals surface area contributed by atoms with Gasteiger partial charge in [-0.05, 0) is 43.4 Å². The van der Waals surface area contributed by atoms with Gasteiger partial charge in [-0.15, -0.1) is 5.10 Å². The summed E-state index contributed by atoms with van der Waals surface area (Å²) in [5, 5.41) is 29.1. The molecule has 140 valence electrons. The van der Waals surface area contributed by atoms with Gasteiger partial charge in [-0.25, -0.2) is 4.39 Å². The molecule has 1 saturated heterocycles. The number of aromatic nitrogens is 2. The molecule has 26 heavy (non-hydrogen) atoms. The first kappa shape index (κ1) is 17.4. The Kier molecular flexibility index (Phi) is 4.67. The van der Waals surface area contributed by atoms with Crippen LogP contribution in [0.1, 0.15) is 43.1 Å². The first-order valence-electron chi connectivity index (χ1n) is 9.21. The fourth-order valence-corrected chi connectivity index (χ4v) is 3.88. The maximum absolute atomic E-state index is 13.2. The smallest absolute Gasteiger partial charge is 0.318 e. The molecule has 0 bridgehead atoms. The van der Waals surface area contributed by atoms with E-state index in [-0.39, 0.29) is 12.4 Å². The van der Waals surface area contributed by atoms with Gasteiger partial charge in [0.1, 0.15) is 5.82 Å². The zero-order chi connectivity index (χ0) is 18.1. The summed E-state index contributed by atoms with van der Waals surface area (Å²) in [6.45, 7) is 0.832. The maximum Gasteiger partial charge on any atom is 0.318 e. The van der Waals surface area contributed by atoms with E-state index in [0.29, 0.717) is 43.8 Å². The summed E-state index contributed by atoms with van der Waals surface area (Å²) in [7, 11) is 0. The Balaban J connectivity index is 1.53. The van der Waals surface area contributed by atoms with Crippen molar-refractivity contribution in [1.82, 2.24) is 10.2 Å². The van der Waals surface area contributed by atoms with Gasteiger partial charge in [0.05, 0.1) is 12.7 Å². The van der Waals surface area contributed by atoms with Crippen LogP contribution in [0, 0.1) is 11.2 Å². The summed E-state index contributed by atoms with van der Waals surface area (Å²) >= 11 is 0. The van der Waals surface area contributed by atoms with E-state index in [1.54, 1.807) is 12.1 Å². The Hall–Kier alpha value is -1.99. The van der Waals surface area contributed by atoms with Crippen LogP contribution in [0.3, 0.4) is 0 Å². The van der Waals surface area contributed by atoms with E-state index < -0.39 is 11.5 Å². The molecule has 2 aliphatic rings. The van der Waals surface area contributed by atoms with Crippen molar-refractivity contribution in [2.75, 3.05) is 24.6 Å². The van der Waals surface area contributed by atoms with Gasteiger partial charge < -0.3 is 19.5 Å². The van der Waals surface area contributed by atoms with Crippen molar-refractivity contribution >= 4 is 6.01 Å². The van der Waals surface area contributed by atoms with Crippen LogP contribution in [0.15, 0.2) is 28.7 Å². The Bertz CT molecular complexity index is 747. The molecule has 1 aliphatic carbocycles. The van der Waals surface area contributed by atoms with Crippen LogP contribution in [-0.4, -0.2) is 46.2 Å². The summed E-state index contributed by atoms with van der Waals surface area (Å²) in [6.07, 6.45) is 3.68. The number of piperidine rings is 1. The van der Waals surface area contributed by atoms with E-state index >= 15 is 0 Å². The summed E-state index contributed by atoms with van der Waals surface area (Å²) < 4.78 is 19.0. The number of nitrogens with zero attached hydrogens (tertiary/aromatic N) is 3. The van der Waals surface area contributed by atoms with Crippen molar-refractivity contribution in [2.45, 2.75) is 44.1 Å². The molecule has 1 aliphatic heterocycles. The highest BCUT2D eigenvalue weighted by molar-refractivity contribution is 5.29. The molecule has 1 aromatic heterocycles. The minimum Gasteiger partial charge on any atom is -0.408 e.